The van der Waals surface area contributed by atoms with Crippen molar-refractivity contribution in [3.63, 3.8) is 0 Å². The van der Waals surface area contributed by atoms with Crippen LogP contribution in [0.25, 0.3) is 0 Å². The summed E-state index contributed by atoms with van der Waals surface area (Å²) in [4.78, 5) is 0. The summed E-state index contributed by atoms with van der Waals surface area (Å²) in [6.45, 7) is 4.55. The fourth-order valence-electron chi connectivity index (χ4n) is 2.60. The molecule has 2 rings (SSSR count). The van der Waals surface area contributed by atoms with E-state index in [0.717, 1.165) is 19.3 Å². The highest BCUT2D eigenvalue weighted by Crippen LogP contribution is 2.17. The van der Waals surface area contributed by atoms with Crippen LogP contribution in [-0.4, -0.2) is 11.7 Å². The van der Waals surface area contributed by atoms with Gasteiger partial charge in [0.25, 0.3) is 0 Å². The van der Waals surface area contributed by atoms with Crippen molar-refractivity contribution in [3.8, 4) is 0 Å². The fraction of sp³-hybridized carbons (Fsp3) is 0.368. The molecule has 0 saturated heterocycles. The number of rotatable bonds is 6. The van der Waals surface area contributed by atoms with Gasteiger partial charge in [0.2, 0.25) is 0 Å². The topological polar surface area (TPSA) is 20.2 Å². The Bertz CT molecular complexity index is 528. The van der Waals surface area contributed by atoms with Gasteiger partial charge in [-0.2, -0.15) is 0 Å². The minimum atomic E-state index is 0.240. The Balaban J connectivity index is 2.03. The van der Waals surface area contributed by atoms with Crippen molar-refractivity contribution in [2.75, 3.05) is 6.61 Å². The molecular weight excluding hydrogens is 244 g/mol. The third-order valence-corrected chi connectivity index (χ3v) is 3.98. The lowest BCUT2D eigenvalue weighted by molar-refractivity contribution is 0.225. The Hall–Kier alpha value is -1.60. The highest BCUT2D eigenvalue weighted by Gasteiger charge is 2.11. The third-order valence-electron chi connectivity index (χ3n) is 3.98. The van der Waals surface area contributed by atoms with Crippen molar-refractivity contribution in [2.24, 2.45) is 5.92 Å². The van der Waals surface area contributed by atoms with Crippen LogP contribution in [0, 0.1) is 12.8 Å². The molecule has 0 aliphatic carbocycles. The van der Waals surface area contributed by atoms with Crippen LogP contribution in [0.3, 0.4) is 0 Å². The summed E-state index contributed by atoms with van der Waals surface area (Å²) in [5.41, 5.74) is 5.34. The molecule has 2 aromatic rings. The van der Waals surface area contributed by atoms with E-state index in [1.165, 1.54) is 22.3 Å². The van der Waals surface area contributed by atoms with Gasteiger partial charge in [-0.05, 0) is 54.4 Å². The lowest BCUT2D eigenvalue weighted by Crippen LogP contribution is -2.13. The second-order valence-electron chi connectivity index (χ2n) is 5.55. The maximum absolute atomic E-state index is 9.64. The molecule has 1 nitrogen and oxygen atoms in total. The number of aryl methyl sites for hydroxylation is 2. The number of aliphatic hydroxyl groups is 1. The quantitative estimate of drug-likeness (QED) is 0.841. The van der Waals surface area contributed by atoms with Gasteiger partial charge in [0, 0.05) is 6.61 Å². The summed E-state index contributed by atoms with van der Waals surface area (Å²) in [6, 6.07) is 17.2. The summed E-state index contributed by atoms with van der Waals surface area (Å²) in [5, 5.41) is 9.64. The van der Waals surface area contributed by atoms with Gasteiger partial charge in [0.15, 0.2) is 0 Å². The standard InChI is InChI=1S/C19H24O/c1-3-16-8-10-17(11-9-16)12-18(14-20)13-19-7-5-4-6-15(19)2/h4-11,18,20H,3,12-14H2,1-2H3. The zero-order valence-corrected chi connectivity index (χ0v) is 12.5. The van der Waals surface area contributed by atoms with Gasteiger partial charge < -0.3 is 5.11 Å². The molecule has 0 saturated carbocycles. The van der Waals surface area contributed by atoms with Crippen molar-refractivity contribution in [1.29, 1.82) is 0 Å². The molecule has 2 aromatic carbocycles. The van der Waals surface area contributed by atoms with Crippen molar-refractivity contribution < 1.29 is 5.11 Å². The highest BCUT2D eigenvalue weighted by atomic mass is 16.3. The zero-order chi connectivity index (χ0) is 14.4. The predicted octanol–water partition coefficient (Wildman–Crippen LogP) is 3.95. The Labute approximate surface area is 122 Å². The van der Waals surface area contributed by atoms with Crippen LogP contribution in [0.1, 0.15) is 29.2 Å². The molecule has 0 amide bonds. The lowest BCUT2D eigenvalue weighted by atomic mass is 9.91. The molecule has 0 aromatic heterocycles. The first-order valence-corrected chi connectivity index (χ1v) is 7.46. The molecular formula is C19H24O. The van der Waals surface area contributed by atoms with E-state index in [4.69, 9.17) is 0 Å². The van der Waals surface area contributed by atoms with Gasteiger partial charge in [0.1, 0.15) is 0 Å². The minimum absolute atomic E-state index is 0.240. The first-order valence-electron chi connectivity index (χ1n) is 7.46. The molecule has 0 radical (unpaired) electrons. The Kier molecular flexibility index (Phi) is 5.37. The van der Waals surface area contributed by atoms with Crippen molar-refractivity contribution in [1.82, 2.24) is 0 Å². The fourth-order valence-corrected chi connectivity index (χ4v) is 2.60. The maximum Gasteiger partial charge on any atom is 0.0465 e. The Morgan fingerprint density at radius 2 is 1.55 bits per heavy atom. The second kappa shape index (κ2) is 7.25. The molecule has 0 bridgehead atoms. The lowest BCUT2D eigenvalue weighted by Gasteiger charge is -2.16. The van der Waals surface area contributed by atoms with Crippen molar-refractivity contribution >= 4 is 0 Å². The van der Waals surface area contributed by atoms with Gasteiger partial charge in [-0.25, -0.2) is 0 Å². The highest BCUT2D eigenvalue weighted by molar-refractivity contribution is 5.27. The van der Waals surface area contributed by atoms with E-state index in [1.807, 2.05) is 0 Å². The third kappa shape index (κ3) is 3.94. The molecule has 20 heavy (non-hydrogen) atoms. The van der Waals surface area contributed by atoms with Crippen LogP contribution >= 0.6 is 0 Å². The Morgan fingerprint density at radius 1 is 0.900 bits per heavy atom. The van der Waals surface area contributed by atoms with E-state index in [9.17, 15) is 5.11 Å². The predicted molar refractivity (Wildman–Crippen MR) is 85.0 cm³/mol. The zero-order valence-electron chi connectivity index (χ0n) is 12.5. The van der Waals surface area contributed by atoms with E-state index < -0.39 is 0 Å². The molecule has 0 fully saturated rings. The monoisotopic (exact) mass is 268 g/mol. The average molecular weight is 268 g/mol. The molecule has 1 unspecified atom stereocenters. The second-order valence-corrected chi connectivity index (χ2v) is 5.55. The number of hydrogen-bond acceptors (Lipinski definition) is 1. The molecule has 0 spiro atoms. The first-order chi connectivity index (χ1) is 9.72. The molecule has 1 N–H and O–H groups in total. The molecule has 0 aliphatic rings. The first kappa shape index (κ1) is 14.8. The van der Waals surface area contributed by atoms with E-state index in [-0.39, 0.29) is 6.61 Å². The number of benzene rings is 2. The van der Waals surface area contributed by atoms with Crippen LogP contribution in [-0.2, 0) is 19.3 Å². The maximum atomic E-state index is 9.64. The Morgan fingerprint density at radius 3 is 2.15 bits per heavy atom. The molecule has 1 heteroatoms. The minimum Gasteiger partial charge on any atom is -0.396 e. The summed E-state index contributed by atoms with van der Waals surface area (Å²) >= 11 is 0. The molecule has 106 valence electrons. The summed E-state index contributed by atoms with van der Waals surface area (Å²) in [7, 11) is 0. The number of aliphatic hydroxyl groups excluding tert-OH is 1. The van der Waals surface area contributed by atoms with Crippen molar-refractivity contribution in [3.05, 3.63) is 70.8 Å². The van der Waals surface area contributed by atoms with Crippen molar-refractivity contribution in [2.45, 2.75) is 33.1 Å². The van der Waals surface area contributed by atoms with Crippen LogP contribution in [0.4, 0.5) is 0 Å². The van der Waals surface area contributed by atoms with E-state index >= 15 is 0 Å². The van der Waals surface area contributed by atoms with E-state index in [0.29, 0.717) is 5.92 Å². The largest absolute Gasteiger partial charge is 0.396 e. The van der Waals surface area contributed by atoms with Crippen LogP contribution in [0.5, 0.6) is 0 Å². The van der Waals surface area contributed by atoms with E-state index in [2.05, 4.69) is 62.4 Å². The number of hydrogen-bond donors (Lipinski definition) is 1. The van der Waals surface area contributed by atoms with E-state index in [1.54, 1.807) is 0 Å². The smallest absolute Gasteiger partial charge is 0.0465 e. The van der Waals surface area contributed by atoms with Gasteiger partial charge in [-0.3, -0.25) is 0 Å². The van der Waals surface area contributed by atoms with Crippen LogP contribution < -0.4 is 0 Å². The van der Waals surface area contributed by atoms with Gasteiger partial charge in [-0.15, -0.1) is 0 Å². The summed E-state index contributed by atoms with van der Waals surface area (Å²) < 4.78 is 0. The SMILES string of the molecule is CCc1ccc(CC(CO)Cc2ccccc2C)cc1. The molecule has 0 aliphatic heterocycles. The van der Waals surface area contributed by atoms with Crippen LogP contribution in [0.15, 0.2) is 48.5 Å². The van der Waals surface area contributed by atoms with Crippen LogP contribution in [0.2, 0.25) is 0 Å². The van der Waals surface area contributed by atoms with Gasteiger partial charge in [0.05, 0.1) is 0 Å². The summed E-state index contributed by atoms with van der Waals surface area (Å²) in [5.74, 6) is 0.295. The molecule has 0 heterocycles. The average Bonchev–Trinajstić information content (AvgIpc) is 2.49. The van der Waals surface area contributed by atoms with Gasteiger partial charge in [-0.1, -0.05) is 55.5 Å². The summed E-state index contributed by atoms with van der Waals surface area (Å²) in [6.07, 6.45) is 2.96. The normalized spacial score (nSPS) is 12.3. The van der Waals surface area contributed by atoms with Gasteiger partial charge >= 0.3 is 0 Å². The molecule has 1 atom stereocenters.